The molecule has 0 aromatic carbocycles. The summed E-state index contributed by atoms with van der Waals surface area (Å²) in [6.07, 6.45) is 6.89. The Morgan fingerprint density at radius 1 is 1.31 bits per heavy atom. The normalized spacial score (nSPS) is 10.6. The Morgan fingerprint density at radius 3 is 2.94 bits per heavy atom. The molecule has 0 aliphatic rings. The maximum absolute atomic E-state index is 5.54. The third kappa shape index (κ3) is 2.09. The minimum atomic E-state index is 0.586. The number of nitrogens with zero attached hydrogens (tertiary/aromatic N) is 4. The maximum Gasteiger partial charge on any atom is 0.141 e. The summed E-state index contributed by atoms with van der Waals surface area (Å²) in [6.45, 7) is 2.66. The molecule has 0 saturated heterocycles. The van der Waals surface area contributed by atoms with Gasteiger partial charge in [-0.25, -0.2) is 15.0 Å². The number of rotatable bonds is 4. The van der Waals surface area contributed by atoms with Gasteiger partial charge in [-0.05, 0) is 13.0 Å². The van der Waals surface area contributed by atoms with E-state index < -0.39 is 0 Å². The summed E-state index contributed by atoms with van der Waals surface area (Å²) in [6, 6.07) is 1.97. The van der Waals surface area contributed by atoms with Gasteiger partial charge in [-0.1, -0.05) is 6.92 Å². The molecule has 2 heterocycles. The van der Waals surface area contributed by atoms with Gasteiger partial charge in [0.15, 0.2) is 0 Å². The summed E-state index contributed by atoms with van der Waals surface area (Å²) in [5.41, 5.74) is 6.56. The van der Waals surface area contributed by atoms with Crippen LogP contribution < -0.4 is 5.73 Å². The van der Waals surface area contributed by atoms with Gasteiger partial charge in [0.25, 0.3) is 0 Å². The topological polar surface area (TPSA) is 69.6 Å². The minimum Gasteiger partial charge on any atom is -0.330 e. The van der Waals surface area contributed by atoms with E-state index in [1.54, 1.807) is 12.5 Å². The zero-order chi connectivity index (χ0) is 11.4. The van der Waals surface area contributed by atoms with E-state index in [1.807, 2.05) is 16.8 Å². The molecule has 0 saturated carbocycles. The van der Waals surface area contributed by atoms with Crippen LogP contribution in [0.15, 0.2) is 24.8 Å². The van der Waals surface area contributed by atoms with Gasteiger partial charge in [-0.3, -0.25) is 4.57 Å². The lowest BCUT2D eigenvalue weighted by atomic mass is 10.3. The van der Waals surface area contributed by atoms with Crippen LogP contribution in [0, 0.1) is 0 Å². The second-order valence-electron chi connectivity index (χ2n) is 3.47. The maximum atomic E-state index is 5.54. The number of aryl methyl sites for hydroxylation is 1. The number of nitrogens with two attached hydrogens (primary N) is 1. The molecule has 5 heteroatoms. The van der Waals surface area contributed by atoms with Crippen LogP contribution in [0.1, 0.15) is 18.4 Å². The van der Waals surface area contributed by atoms with E-state index in [0.717, 1.165) is 30.2 Å². The molecule has 84 valence electrons. The van der Waals surface area contributed by atoms with E-state index >= 15 is 0 Å². The summed E-state index contributed by atoms with van der Waals surface area (Å²) in [7, 11) is 0. The second-order valence-corrected chi connectivity index (χ2v) is 3.47. The Balaban J connectivity index is 2.37. The summed E-state index contributed by atoms with van der Waals surface area (Å²) in [5.74, 6) is 1.79. The highest BCUT2D eigenvalue weighted by Gasteiger charge is 2.05. The fraction of sp³-hybridized carbons (Fsp3) is 0.364. The van der Waals surface area contributed by atoms with Gasteiger partial charge >= 0.3 is 0 Å². The molecule has 2 rings (SSSR count). The van der Waals surface area contributed by atoms with Crippen LogP contribution in [0.3, 0.4) is 0 Å². The van der Waals surface area contributed by atoms with E-state index in [4.69, 9.17) is 5.73 Å². The lowest BCUT2D eigenvalue weighted by Gasteiger charge is -2.06. The first-order valence-electron chi connectivity index (χ1n) is 5.38. The lowest BCUT2D eigenvalue weighted by molar-refractivity contribution is 0.815. The van der Waals surface area contributed by atoms with Crippen molar-refractivity contribution in [3.63, 3.8) is 0 Å². The Hall–Kier alpha value is -1.75. The Bertz CT molecular complexity index is 463. The molecule has 0 unspecified atom stereocenters. The highest BCUT2D eigenvalue weighted by atomic mass is 15.1. The first kappa shape index (κ1) is 10.8. The standard InChI is InChI=1S/C11H15N5/c1-2-9-7-11(15-8-14-9)16-6-5-13-10(16)3-4-12/h5-8H,2-4,12H2,1H3. The van der Waals surface area contributed by atoms with Gasteiger partial charge in [0.2, 0.25) is 0 Å². The highest BCUT2D eigenvalue weighted by molar-refractivity contribution is 5.25. The fourth-order valence-electron chi connectivity index (χ4n) is 1.57. The van der Waals surface area contributed by atoms with Crippen molar-refractivity contribution in [3.8, 4) is 5.82 Å². The zero-order valence-corrected chi connectivity index (χ0v) is 9.30. The van der Waals surface area contributed by atoms with Crippen molar-refractivity contribution in [2.75, 3.05) is 6.54 Å². The van der Waals surface area contributed by atoms with Crippen LogP contribution in [0.4, 0.5) is 0 Å². The van der Waals surface area contributed by atoms with Gasteiger partial charge < -0.3 is 5.73 Å². The van der Waals surface area contributed by atoms with E-state index in [0.29, 0.717) is 6.54 Å². The number of imidazole rings is 1. The van der Waals surface area contributed by atoms with Crippen molar-refractivity contribution >= 4 is 0 Å². The van der Waals surface area contributed by atoms with Crippen molar-refractivity contribution in [3.05, 3.63) is 36.3 Å². The fourth-order valence-corrected chi connectivity index (χ4v) is 1.57. The molecule has 0 aliphatic heterocycles. The molecule has 2 aromatic rings. The summed E-state index contributed by atoms with van der Waals surface area (Å²) >= 11 is 0. The molecule has 0 bridgehead atoms. The molecule has 5 nitrogen and oxygen atoms in total. The summed E-state index contributed by atoms with van der Waals surface area (Å²) in [4.78, 5) is 12.7. The average molecular weight is 217 g/mol. The van der Waals surface area contributed by atoms with Gasteiger partial charge in [0, 0.05) is 30.6 Å². The molecule has 0 aliphatic carbocycles. The van der Waals surface area contributed by atoms with Gasteiger partial charge in [-0.15, -0.1) is 0 Å². The Labute approximate surface area is 94.4 Å². The Kier molecular flexibility index (Phi) is 3.26. The quantitative estimate of drug-likeness (QED) is 0.819. The van der Waals surface area contributed by atoms with E-state index in [2.05, 4.69) is 21.9 Å². The van der Waals surface area contributed by atoms with Crippen LogP contribution in [-0.2, 0) is 12.8 Å². The number of hydrogen-bond donors (Lipinski definition) is 1. The molecular formula is C11H15N5. The van der Waals surface area contributed by atoms with Crippen LogP contribution in [0.2, 0.25) is 0 Å². The van der Waals surface area contributed by atoms with Crippen LogP contribution >= 0.6 is 0 Å². The van der Waals surface area contributed by atoms with Gasteiger partial charge in [0.05, 0.1) is 0 Å². The molecule has 2 N–H and O–H groups in total. The third-order valence-electron chi connectivity index (χ3n) is 2.40. The predicted octanol–water partition coefficient (Wildman–Crippen LogP) is 0.726. The summed E-state index contributed by atoms with van der Waals surface area (Å²) in [5, 5.41) is 0. The van der Waals surface area contributed by atoms with E-state index in [1.165, 1.54) is 0 Å². The van der Waals surface area contributed by atoms with Crippen LogP contribution in [-0.4, -0.2) is 26.1 Å². The van der Waals surface area contributed by atoms with Crippen molar-refractivity contribution in [2.24, 2.45) is 5.73 Å². The molecule has 0 fully saturated rings. The van der Waals surface area contributed by atoms with Crippen LogP contribution in [0.25, 0.3) is 5.82 Å². The molecule has 0 atom stereocenters. The first-order valence-corrected chi connectivity index (χ1v) is 5.38. The van der Waals surface area contributed by atoms with Crippen molar-refractivity contribution < 1.29 is 0 Å². The largest absolute Gasteiger partial charge is 0.330 e. The molecule has 0 spiro atoms. The zero-order valence-electron chi connectivity index (χ0n) is 9.30. The van der Waals surface area contributed by atoms with Gasteiger partial charge in [0.1, 0.15) is 18.0 Å². The van der Waals surface area contributed by atoms with E-state index in [9.17, 15) is 0 Å². The van der Waals surface area contributed by atoms with E-state index in [-0.39, 0.29) is 0 Å². The second kappa shape index (κ2) is 4.85. The SMILES string of the molecule is CCc1cc(-n2ccnc2CCN)ncn1. The predicted molar refractivity (Wildman–Crippen MR) is 61.3 cm³/mol. The first-order chi connectivity index (χ1) is 7.85. The smallest absolute Gasteiger partial charge is 0.141 e. The summed E-state index contributed by atoms with van der Waals surface area (Å²) < 4.78 is 1.95. The molecule has 0 amide bonds. The highest BCUT2D eigenvalue weighted by Crippen LogP contribution is 2.09. The molecular weight excluding hydrogens is 202 g/mol. The lowest BCUT2D eigenvalue weighted by Crippen LogP contribution is -2.10. The third-order valence-corrected chi connectivity index (χ3v) is 2.40. The van der Waals surface area contributed by atoms with Crippen LogP contribution in [0.5, 0.6) is 0 Å². The van der Waals surface area contributed by atoms with Crippen molar-refractivity contribution in [1.82, 2.24) is 19.5 Å². The Morgan fingerprint density at radius 2 is 2.19 bits per heavy atom. The average Bonchev–Trinajstić information content (AvgIpc) is 2.78. The molecule has 16 heavy (non-hydrogen) atoms. The van der Waals surface area contributed by atoms with Gasteiger partial charge in [-0.2, -0.15) is 0 Å². The number of aromatic nitrogens is 4. The minimum absolute atomic E-state index is 0.586. The molecule has 0 radical (unpaired) electrons. The van der Waals surface area contributed by atoms with Crippen molar-refractivity contribution in [2.45, 2.75) is 19.8 Å². The number of hydrogen-bond acceptors (Lipinski definition) is 4. The monoisotopic (exact) mass is 217 g/mol. The van der Waals surface area contributed by atoms with Crippen molar-refractivity contribution in [1.29, 1.82) is 0 Å². The molecule has 2 aromatic heterocycles.